The Morgan fingerprint density at radius 1 is 1.10 bits per heavy atom. The fourth-order valence-electron chi connectivity index (χ4n) is 3.42. The molecule has 2 aliphatic rings. The fraction of sp³-hybridized carbons (Fsp3) is 0.588. The molecule has 0 spiro atoms. The molecule has 3 heteroatoms. The second-order valence-electron chi connectivity index (χ2n) is 6.61. The second kappa shape index (κ2) is 4.88. The summed E-state index contributed by atoms with van der Waals surface area (Å²) in [5.41, 5.74) is 2.70. The van der Waals surface area contributed by atoms with Gasteiger partial charge in [0, 0.05) is 17.8 Å². The Labute approximate surface area is 120 Å². The van der Waals surface area contributed by atoms with Crippen molar-refractivity contribution >= 4 is 10.9 Å². The molecule has 3 nitrogen and oxygen atoms in total. The number of benzene rings is 1. The molecular formula is C17H23N3. The van der Waals surface area contributed by atoms with Crippen LogP contribution in [-0.4, -0.2) is 34.8 Å². The van der Waals surface area contributed by atoms with Gasteiger partial charge in [0.15, 0.2) is 0 Å². The van der Waals surface area contributed by atoms with Crippen molar-refractivity contribution in [3.8, 4) is 0 Å². The van der Waals surface area contributed by atoms with Crippen LogP contribution in [0.4, 0.5) is 0 Å². The number of para-hydroxylation sites is 1. The lowest BCUT2D eigenvalue weighted by atomic mass is 9.92. The van der Waals surface area contributed by atoms with E-state index in [0.29, 0.717) is 5.92 Å². The zero-order valence-electron chi connectivity index (χ0n) is 12.3. The number of fused-ring (bicyclic) bond motifs is 1. The van der Waals surface area contributed by atoms with Gasteiger partial charge in [0.1, 0.15) is 0 Å². The molecule has 0 N–H and O–H groups in total. The lowest BCUT2D eigenvalue weighted by Gasteiger charge is -2.28. The molecule has 1 saturated carbocycles. The van der Waals surface area contributed by atoms with Gasteiger partial charge in [0.25, 0.3) is 0 Å². The normalized spacial score (nSPS) is 21.6. The van der Waals surface area contributed by atoms with Crippen LogP contribution in [0.15, 0.2) is 24.3 Å². The Morgan fingerprint density at radius 3 is 2.60 bits per heavy atom. The zero-order chi connectivity index (χ0) is 13.5. The van der Waals surface area contributed by atoms with Crippen LogP contribution in [0.2, 0.25) is 0 Å². The van der Waals surface area contributed by atoms with Crippen molar-refractivity contribution in [2.45, 2.75) is 38.1 Å². The summed E-state index contributed by atoms with van der Waals surface area (Å²) < 4.78 is 2.28. The van der Waals surface area contributed by atoms with E-state index in [1.807, 2.05) is 0 Å². The number of nitrogens with zero attached hydrogens (tertiary/aromatic N) is 3. The maximum absolute atomic E-state index is 5.02. The lowest BCUT2D eigenvalue weighted by Crippen LogP contribution is -2.29. The highest BCUT2D eigenvalue weighted by Crippen LogP contribution is 2.35. The van der Waals surface area contributed by atoms with E-state index in [2.05, 4.69) is 40.9 Å². The van der Waals surface area contributed by atoms with Gasteiger partial charge < -0.3 is 4.90 Å². The third-order valence-corrected chi connectivity index (χ3v) is 4.92. The first kappa shape index (κ1) is 12.4. The van der Waals surface area contributed by atoms with Crippen molar-refractivity contribution in [1.82, 2.24) is 14.7 Å². The summed E-state index contributed by atoms with van der Waals surface area (Å²) in [6, 6.07) is 8.80. The maximum Gasteiger partial charge on any atom is 0.0735 e. The predicted octanol–water partition coefficient (Wildman–Crippen LogP) is 3.26. The van der Waals surface area contributed by atoms with Gasteiger partial charge in [-0.1, -0.05) is 18.2 Å². The van der Waals surface area contributed by atoms with Gasteiger partial charge in [0.05, 0.1) is 11.2 Å². The van der Waals surface area contributed by atoms with Crippen molar-refractivity contribution < 1.29 is 0 Å². The summed E-state index contributed by atoms with van der Waals surface area (Å²) >= 11 is 0. The van der Waals surface area contributed by atoms with Crippen molar-refractivity contribution in [2.75, 3.05) is 20.1 Å². The lowest BCUT2D eigenvalue weighted by molar-refractivity contribution is 0.253. The molecule has 4 rings (SSSR count). The Hall–Kier alpha value is -1.35. The number of hydrogen-bond donors (Lipinski definition) is 0. The average molecular weight is 269 g/mol. The number of piperidine rings is 1. The molecular weight excluding hydrogens is 246 g/mol. The third-order valence-electron chi connectivity index (χ3n) is 4.92. The highest BCUT2D eigenvalue weighted by atomic mass is 15.3. The van der Waals surface area contributed by atoms with Gasteiger partial charge in [0.2, 0.25) is 0 Å². The number of rotatable bonds is 3. The summed E-state index contributed by atoms with van der Waals surface area (Å²) in [7, 11) is 2.22. The summed E-state index contributed by atoms with van der Waals surface area (Å²) in [6.07, 6.45) is 5.28. The molecule has 0 bridgehead atoms. The van der Waals surface area contributed by atoms with Crippen molar-refractivity contribution in [2.24, 2.45) is 5.92 Å². The highest BCUT2D eigenvalue weighted by Gasteiger charge is 2.26. The summed E-state index contributed by atoms with van der Waals surface area (Å²) in [5, 5.41) is 6.41. The average Bonchev–Trinajstić information content (AvgIpc) is 3.22. The van der Waals surface area contributed by atoms with Crippen molar-refractivity contribution in [3.63, 3.8) is 0 Å². The van der Waals surface area contributed by atoms with Crippen LogP contribution >= 0.6 is 0 Å². The number of likely N-dealkylation sites (tertiary alicyclic amines) is 1. The van der Waals surface area contributed by atoms with E-state index in [1.54, 1.807) is 0 Å². The molecule has 106 valence electrons. The minimum atomic E-state index is 0.650. The first-order valence-electron chi connectivity index (χ1n) is 7.95. The molecule has 2 heterocycles. The van der Waals surface area contributed by atoms with E-state index >= 15 is 0 Å². The molecule has 1 aromatic carbocycles. The van der Waals surface area contributed by atoms with E-state index in [4.69, 9.17) is 5.10 Å². The molecule has 2 aromatic rings. The Morgan fingerprint density at radius 2 is 1.85 bits per heavy atom. The summed E-state index contributed by atoms with van der Waals surface area (Å²) in [5.74, 6) is 1.53. The first-order valence-corrected chi connectivity index (χ1v) is 7.95. The van der Waals surface area contributed by atoms with Crippen molar-refractivity contribution in [1.29, 1.82) is 0 Å². The van der Waals surface area contributed by atoms with Crippen LogP contribution < -0.4 is 0 Å². The largest absolute Gasteiger partial charge is 0.306 e. The van der Waals surface area contributed by atoms with Crippen LogP contribution in [0.1, 0.15) is 37.3 Å². The molecule has 20 heavy (non-hydrogen) atoms. The van der Waals surface area contributed by atoms with Gasteiger partial charge in [-0.2, -0.15) is 5.10 Å². The Balaban J connectivity index is 1.70. The van der Waals surface area contributed by atoms with Gasteiger partial charge in [-0.15, -0.1) is 0 Å². The van der Waals surface area contributed by atoms with Crippen molar-refractivity contribution in [3.05, 3.63) is 30.0 Å². The molecule has 0 unspecified atom stereocenters. The maximum atomic E-state index is 5.02. The number of hydrogen-bond acceptors (Lipinski definition) is 2. The molecule has 1 aromatic heterocycles. The van der Waals surface area contributed by atoms with Gasteiger partial charge in [-0.3, -0.25) is 4.68 Å². The molecule has 1 aliphatic heterocycles. The number of aromatic nitrogens is 2. The highest BCUT2D eigenvalue weighted by molar-refractivity contribution is 5.82. The standard InChI is InChI=1S/C17H23N3/c1-19-10-8-14(9-11-19)17-15-4-2-3-5-16(15)20(18-17)12-13-6-7-13/h2-5,13-14H,6-12H2,1H3. The molecule has 1 saturated heterocycles. The third kappa shape index (κ3) is 2.24. The minimum Gasteiger partial charge on any atom is -0.306 e. The second-order valence-corrected chi connectivity index (χ2v) is 6.61. The van der Waals surface area contributed by atoms with Crippen LogP contribution in [0, 0.1) is 5.92 Å². The molecule has 1 aliphatic carbocycles. The molecule has 0 amide bonds. The van der Waals surface area contributed by atoms with E-state index in [1.165, 1.54) is 55.4 Å². The van der Waals surface area contributed by atoms with E-state index in [9.17, 15) is 0 Å². The topological polar surface area (TPSA) is 21.1 Å². The first-order chi connectivity index (χ1) is 9.81. The molecule has 2 fully saturated rings. The predicted molar refractivity (Wildman–Crippen MR) is 81.9 cm³/mol. The quantitative estimate of drug-likeness (QED) is 0.853. The molecule has 0 radical (unpaired) electrons. The van der Waals surface area contributed by atoms with Gasteiger partial charge in [-0.05, 0) is 57.8 Å². The van der Waals surface area contributed by atoms with Crippen LogP contribution in [0.3, 0.4) is 0 Å². The van der Waals surface area contributed by atoms with Crippen LogP contribution in [0.5, 0.6) is 0 Å². The minimum absolute atomic E-state index is 0.650. The SMILES string of the molecule is CN1CCC(c2nn(CC3CC3)c3ccccc23)CC1. The van der Waals surface area contributed by atoms with Gasteiger partial charge in [-0.25, -0.2) is 0 Å². The Bertz CT molecular complexity index is 604. The smallest absolute Gasteiger partial charge is 0.0735 e. The fourth-order valence-corrected chi connectivity index (χ4v) is 3.42. The van der Waals surface area contributed by atoms with E-state index < -0.39 is 0 Å². The monoisotopic (exact) mass is 269 g/mol. The van der Waals surface area contributed by atoms with Gasteiger partial charge >= 0.3 is 0 Å². The molecule has 0 atom stereocenters. The summed E-state index contributed by atoms with van der Waals surface area (Å²) in [4.78, 5) is 2.43. The van der Waals surface area contributed by atoms with Crippen LogP contribution in [0.25, 0.3) is 10.9 Å². The van der Waals surface area contributed by atoms with E-state index in [-0.39, 0.29) is 0 Å². The zero-order valence-corrected chi connectivity index (χ0v) is 12.3. The van der Waals surface area contributed by atoms with E-state index in [0.717, 1.165) is 12.5 Å². The summed E-state index contributed by atoms with van der Waals surface area (Å²) in [6.45, 7) is 3.52. The Kier molecular flexibility index (Phi) is 3.03. The van der Waals surface area contributed by atoms with Crippen LogP contribution in [-0.2, 0) is 6.54 Å².